The number of para-hydroxylation sites is 3. The van der Waals surface area contributed by atoms with E-state index >= 15 is 0 Å². The normalized spacial score (nSPS) is 11.3. The second-order valence-electron chi connectivity index (χ2n) is 12.5. The Bertz CT molecular complexity index is 2610. The molecule has 0 atom stereocenters. The van der Waals surface area contributed by atoms with Crippen molar-refractivity contribution in [2.75, 3.05) is 4.90 Å². The summed E-state index contributed by atoms with van der Waals surface area (Å²) >= 11 is 0. The van der Waals surface area contributed by atoms with E-state index in [0.717, 1.165) is 17.1 Å². The summed E-state index contributed by atoms with van der Waals surface area (Å²) in [6.45, 7) is 0. The summed E-state index contributed by atoms with van der Waals surface area (Å²) in [6, 6.07) is 72.5. The summed E-state index contributed by atoms with van der Waals surface area (Å²) in [5, 5.41) is 7.48. The SMILES string of the molecule is c1ccc(-c2ccccc2N(c2ccccc2-c2cccc3ccccc23)c2ccccc2-c2cc3ccccc3c3ccccc23)cc1. The Hall–Kier alpha value is -6.44. The standard InChI is InChI=1S/C48H33N/c1-2-17-35(18-3-1)39-24-10-13-30-46(39)49(47-31-14-11-27-43(47)41-29-16-21-34-19-4-6-22-37(34)41)48-32-15-12-28-44(48)45-33-36-20-5-7-23-38(36)40-25-8-9-26-42(40)45/h1-33H. The fraction of sp³-hybridized carbons (Fsp3) is 0. The van der Waals surface area contributed by atoms with Crippen LogP contribution in [-0.4, -0.2) is 0 Å². The number of anilines is 3. The van der Waals surface area contributed by atoms with E-state index in [0.29, 0.717) is 0 Å². The van der Waals surface area contributed by atoms with Gasteiger partial charge in [0.25, 0.3) is 0 Å². The number of hydrogen-bond acceptors (Lipinski definition) is 1. The summed E-state index contributed by atoms with van der Waals surface area (Å²) in [7, 11) is 0. The van der Waals surface area contributed by atoms with Gasteiger partial charge in [0.05, 0.1) is 17.1 Å². The molecule has 9 aromatic carbocycles. The molecule has 9 aromatic rings. The maximum Gasteiger partial charge on any atom is 0.0540 e. The van der Waals surface area contributed by atoms with E-state index in [1.165, 1.54) is 65.7 Å². The first-order valence-corrected chi connectivity index (χ1v) is 16.9. The van der Waals surface area contributed by atoms with Crippen molar-refractivity contribution >= 4 is 49.4 Å². The number of rotatable bonds is 6. The van der Waals surface area contributed by atoms with Gasteiger partial charge in [0.15, 0.2) is 0 Å². The van der Waals surface area contributed by atoms with Crippen molar-refractivity contribution in [3.8, 4) is 33.4 Å². The van der Waals surface area contributed by atoms with Crippen LogP contribution in [0.25, 0.3) is 65.7 Å². The lowest BCUT2D eigenvalue weighted by atomic mass is 9.91. The number of nitrogens with zero attached hydrogens (tertiary/aromatic N) is 1. The average molecular weight is 624 g/mol. The van der Waals surface area contributed by atoms with E-state index < -0.39 is 0 Å². The van der Waals surface area contributed by atoms with Crippen LogP contribution in [0.2, 0.25) is 0 Å². The Balaban J connectivity index is 1.38. The molecule has 0 N–H and O–H groups in total. The van der Waals surface area contributed by atoms with Crippen molar-refractivity contribution in [2.45, 2.75) is 0 Å². The molecule has 0 aliphatic rings. The van der Waals surface area contributed by atoms with Crippen molar-refractivity contribution in [1.82, 2.24) is 0 Å². The molecule has 230 valence electrons. The third-order valence-corrected chi connectivity index (χ3v) is 9.66. The molecule has 1 nitrogen and oxygen atoms in total. The Kier molecular flexibility index (Phi) is 7.22. The van der Waals surface area contributed by atoms with Crippen molar-refractivity contribution in [1.29, 1.82) is 0 Å². The van der Waals surface area contributed by atoms with Crippen LogP contribution in [0.5, 0.6) is 0 Å². The van der Waals surface area contributed by atoms with Crippen molar-refractivity contribution in [3.63, 3.8) is 0 Å². The largest absolute Gasteiger partial charge is 0.309 e. The first kappa shape index (κ1) is 28.8. The molecule has 1 heteroatoms. The second kappa shape index (κ2) is 12.3. The highest BCUT2D eigenvalue weighted by Gasteiger charge is 2.24. The van der Waals surface area contributed by atoms with Gasteiger partial charge >= 0.3 is 0 Å². The molecule has 0 unspecified atom stereocenters. The van der Waals surface area contributed by atoms with E-state index in [1.54, 1.807) is 0 Å². The van der Waals surface area contributed by atoms with Crippen LogP contribution in [0.3, 0.4) is 0 Å². The highest BCUT2D eigenvalue weighted by atomic mass is 15.1. The summed E-state index contributed by atoms with van der Waals surface area (Å²) in [6.07, 6.45) is 0. The van der Waals surface area contributed by atoms with E-state index in [1.807, 2.05) is 0 Å². The fourth-order valence-corrected chi connectivity index (χ4v) is 7.45. The van der Waals surface area contributed by atoms with Crippen LogP contribution in [0, 0.1) is 0 Å². The molecule has 0 aliphatic carbocycles. The Morgan fingerprint density at radius 1 is 0.245 bits per heavy atom. The van der Waals surface area contributed by atoms with Gasteiger partial charge < -0.3 is 4.90 Å². The molecule has 0 radical (unpaired) electrons. The molecule has 0 saturated carbocycles. The Labute approximate surface area is 287 Å². The fourth-order valence-electron chi connectivity index (χ4n) is 7.45. The lowest BCUT2D eigenvalue weighted by Crippen LogP contribution is -2.13. The summed E-state index contributed by atoms with van der Waals surface area (Å²) in [5.74, 6) is 0. The van der Waals surface area contributed by atoms with E-state index in [2.05, 4.69) is 205 Å². The van der Waals surface area contributed by atoms with Gasteiger partial charge in [0, 0.05) is 16.7 Å². The third kappa shape index (κ3) is 5.04. The lowest BCUT2D eigenvalue weighted by Gasteiger charge is -2.32. The van der Waals surface area contributed by atoms with Gasteiger partial charge in [0.2, 0.25) is 0 Å². The first-order chi connectivity index (χ1) is 24.3. The van der Waals surface area contributed by atoms with Crippen molar-refractivity contribution in [3.05, 3.63) is 200 Å². The summed E-state index contributed by atoms with van der Waals surface area (Å²) < 4.78 is 0. The molecule has 0 saturated heterocycles. The number of hydrogen-bond donors (Lipinski definition) is 0. The molecule has 0 spiro atoms. The quantitative estimate of drug-likeness (QED) is 0.167. The maximum atomic E-state index is 2.48. The van der Waals surface area contributed by atoms with Gasteiger partial charge in [-0.15, -0.1) is 0 Å². The zero-order valence-corrected chi connectivity index (χ0v) is 27.0. The minimum Gasteiger partial charge on any atom is -0.309 e. The van der Waals surface area contributed by atoms with E-state index in [9.17, 15) is 0 Å². The molecule has 0 aromatic heterocycles. The molecular weight excluding hydrogens is 591 g/mol. The van der Waals surface area contributed by atoms with Crippen LogP contribution in [0.4, 0.5) is 17.1 Å². The summed E-state index contributed by atoms with van der Waals surface area (Å²) in [4.78, 5) is 2.48. The molecule has 0 bridgehead atoms. The zero-order chi connectivity index (χ0) is 32.6. The molecule has 9 rings (SSSR count). The molecular formula is C48H33N. The monoisotopic (exact) mass is 623 g/mol. The smallest absolute Gasteiger partial charge is 0.0540 e. The van der Waals surface area contributed by atoms with Gasteiger partial charge in [-0.2, -0.15) is 0 Å². The van der Waals surface area contributed by atoms with Gasteiger partial charge in [0.1, 0.15) is 0 Å². The third-order valence-electron chi connectivity index (χ3n) is 9.66. The van der Waals surface area contributed by atoms with Gasteiger partial charge in [-0.1, -0.05) is 176 Å². The average Bonchev–Trinajstić information content (AvgIpc) is 3.18. The van der Waals surface area contributed by atoms with Crippen LogP contribution in [-0.2, 0) is 0 Å². The number of benzene rings is 9. The minimum atomic E-state index is 1.12. The predicted octanol–water partition coefficient (Wildman–Crippen LogP) is 13.6. The molecule has 49 heavy (non-hydrogen) atoms. The summed E-state index contributed by atoms with van der Waals surface area (Å²) in [5.41, 5.74) is 10.5. The minimum absolute atomic E-state index is 1.12. The van der Waals surface area contributed by atoms with Crippen LogP contribution < -0.4 is 4.90 Å². The van der Waals surface area contributed by atoms with Crippen LogP contribution in [0.15, 0.2) is 200 Å². The van der Waals surface area contributed by atoms with E-state index in [-0.39, 0.29) is 0 Å². The topological polar surface area (TPSA) is 3.24 Å². The van der Waals surface area contributed by atoms with Gasteiger partial charge in [-0.05, 0) is 73.3 Å². The molecule has 0 heterocycles. The first-order valence-electron chi connectivity index (χ1n) is 16.9. The predicted molar refractivity (Wildman–Crippen MR) is 210 cm³/mol. The Morgan fingerprint density at radius 2 is 0.694 bits per heavy atom. The van der Waals surface area contributed by atoms with Crippen LogP contribution in [0.1, 0.15) is 0 Å². The van der Waals surface area contributed by atoms with Crippen molar-refractivity contribution < 1.29 is 0 Å². The maximum absolute atomic E-state index is 2.48. The Morgan fingerprint density at radius 3 is 1.41 bits per heavy atom. The highest BCUT2D eigenvalue weighted by Crippen LogP contribution is 2.49. The van der Waals surface area contributed by atoms with Gasteiger partial charge in [-0.25, -0.2) is 0 Å². The van der Waals surface area contributed by atoms with Gasteiger partial charge in [-0.3, -0.25) is 0 Å². The van der Waals surface area contributed by atoms with Crippen molar-refractivity contribution in [2.24, 2.45) is 0 Å². The second-order valence-corrected chi connectivity index (χ2v) is 12.5. The molecule has 0 aliphatic heterocycles. The molecule has 0 amide bonds. The highest BCUT2D eigenvalue weighted by molar-refractivity contribution is 6.15. The lowest BCUT2D eigenvalue weighted by molar-refractivity contribution is 1.29. The van der Waals surface area contributed by atoms with E-state index in [4.69, 9.17) is 0 Å². The van der Waals surface area contributed by atoms with Crippen LogP contribution >= 0.6 is 0 Å². The zero-order valence-electron chi connectivity index (χ0n) is 27.0. The number of fused-ring (bicyclic) bond motifs is 4. The molecule has 0 fully saturated rings.